The monoisotopic (exact) mass is 713 g/mol. The number of carbonyl (C=O) groups is 1. The number of nitrogens with zero attached hydrogens (tertiary/aromatic N) is 6. The largest absolute Gasteiger partial charge is 2.00 e. The molecule has 0 fully saturated rings. The molecule has 0 saturated carbocycles. The number of rotatable bonds is 9. The summed E-state index contributed by atoms with van der Waals surface area (Å²) in [5.41, 5.74) is 0.953. The van der Waals surface area contributed by atoms with Crippen molar-refractivity contribution < 1.29 is 60.4 Å². The summed E-state index contributed by atoms with van der Waals surface area (Å²) < 4.78 is 33.7. The molecular weight excluding hydrogens is 696 g/mol. The second kappa shape index (κ2) is 14.6. The van der Waals surface area contributed by atoms with Crippen LogP contribution in [0.1, 0.15) is 10.4 Å². The summed E-state index contributed by atoms with van der Waals surface area (Å²) in [6.45, 7) is 0. The van der Waals surface area contributed by atoms with Crippen LogP contribution in [0.15, 0.2) is 133 Å². The van der Waals surface area contributed by atoms with Crippen molar-refractivity contribution in [2.75, 3.05) is 0 Å². The van der Waals surface area contributed by atoms with Gasteiger partial charge in [-0.1, -0.05) is 36.1 Å². The van der Waals surface area contributed by atoms with Gasteiger partial charge in [-0.15, -0.1) is 5.11 Å². The van der Waals surface area contributed by atoms with E-state index in [1.807, 2.05) is 0 Å². The van der Waals surface area contributed by atoms with E-state index in [-0.39, 0.29) is 28.4 Å². The zero-order valence-electron chi connectivity index (χ0n) is 23.9. The van der Waals surface area contributed by atoms with Crippen LogP contribution in [-0.4, -0.2) is 29.2 Å². The molecule has 5 aromatic rings. The van der Waals surface area contributed by atoms with Crippen LogP contribution in [-0.2, 0) is 27.2 Å². The van der Waals surface area contributed by atoms with Gasteiger partial charge in [0.05, 0.1) is 39.3 Å². The Bertz CT molecular complexity index is 2190. The van der Waals surface area contributed by atoms with Crippen LogP contribution in [0.2, 0.25) is 0 Å². The van der Waals surface area contributed by atoms with Gasteiger partial charge in [0, 0.05) is 5.56 Å². The van der Waals surface area contributed by atoms with Crippen LogP contribution >= 0.6 is 0 Å². The fraction of sp³-hybridized carbons (Fsp3) is 0. The van der Waals surface area contributed by atoms with Gasteiger partial charge in [-0.25, -0.2) is 8.42 Å². The second-order valence-electron chi connectivity index (χ2n) is 9.55. The maximum Gasteiger partial charge on any atom is 2.00 e. The Labute approximate surface area is 282 Å². The number of phenolic OH excluding ortho intramolecular Hbond substituents is 1. The molecule has 0 unspecified atom stereocenters. The second-order valence-corrected chi connectivity index (χ2v) is 10.9. The molecule has 0 spiro atoms. The van der Waals surface area contributed by atoms with E-state index in [9.17, 15) is 43.3 Å². The predicted molar refractivity (Wildman–Crippen MR) is 158 cm³/mol. The van der Waals surface area contributed by atoms with Gasteiger partial charge in [-0.2, -0.15) is 25.6 Å². The van der Waals surface area contributed by atoms with Crippen molar-refractivity contribution >= 4 is 50.2 Å². The molecule has 5 rings (SSSR count). The van der Waals surface area contributed by atoms with Gasteiger partial charge in [0.1, 0.15) is 27.3 Å². The van der Waals surface area contributed by atoms with Gasteiger partial charge >= 0.3 is 17.1 Å². The van der Waals surface area contributed by atoms with Gasteiger partial charge < -0.3 is 34.9 Å². The molecule has 15 nitrogen and oxygen atoms in total. The van der Waals surface area contributed by atoms with Crippen molar-refractivity contribution in [1.29, 1.82) is 0 Å². The molecule has 48 heavy (non-hydrogen) atoms. The summed E-state index contributed by atoms with van der Waals surface area (Å²) in [5.74, 6) is -4.09. The number of phenols is 2. The van der Waals surface area contributed by atoms with Crippen molar-refractivity contribution in [3.8, 4) is 34.1 Å². The average molecular weight is 714 g/mol. The van der Waals surface area contributed by atoms with Crippen molar-refractivity contribution in [3.63, 3.8) is 0 Å². The number of aromatic hydroxyl groups is 2. The number of azo groups is 3. The van der Waals surface area contributed by atoms with Crippen LogP contribution in [0.5, 0.6) is 23.0 Å². The van der Waals surface area contributed by atoms with Crippen LogP contribution in [0.3, 0.4) is 0 Å². The third kappa shape index (κ3) is 8.23. The molecule has 0 heterocycles. The summed E-state index contributed by atoms with van der Waals surface area (Å²) in [6, 6.07) is 22.0. The third-order valence-corrected chi connectivity index (χ3v) is 7.22. The Balaban J connectivity index is 0.00000520. The number of benzene rings is 5. The number of aromatic carboxylic acids is 1. The van der Waals surface area contributed by atoms with E-state index in [2.05, 4.69) is 30.7 Å². The molecule has 0 aliphatic rings. The van der Waals surface area contributed by atoms with E-state index in [0.29, 0.717) is 11.4 Å². The fourth-order valence-electron chi connectivity index (χ4n) is 3.98. The van der Waals surface area contributed by atoms with Crippen LogP contribution < -0.4 is 15.3 Å². The first-order valence-electron chi connectivity index (χ1n) is 13.2. The SMILES string of the molecule is O=C([O-])c1cc(N=Nc2ccc(-c3ccc(N=Nc4c(O)ccc(N=Nc5cc(S(=O)(=O)[O-])ccc5[O-])c4[O-])cc3)cc2)ccc1O.[Cu+2]. The summed E-state index contributed by atoms with van der Waals surface area (Å²) in [4.78, 5) is 10.4. The Hall–Kier alpha value is -6.00. The number of carboxylic acid groups (broad SMARTS) is 1. The smallest absolute Gasteiger partial charge is 0.871 e. The van der Waals surface area contributed by atoms with Crippen molar-refractivity contribution in [3.05, 3.63) is 103 Å². The molecule has 245 valence electrons. The summed E-state index contributed by atoms with van der Waals surface area (Å²) in [6.07, 6.45) is 0. The minimum absolute atomic E-state index is 0. The predicted octanol–water partition coefficient (Wildman–Crippen LogP) is 5.42. The van der Waals surface area contributed by atoms with Crippen molar-refractivity contribution in [2.45, 2.75) is 4.90 Å². The minimum atomic E-state index is -4.86. The van der Waals surface area contributed by atoms with Gasteiger partial charge in [0.25, 0.3) is 0 Å². The Morgan fingerprint density at radius 2 is 1.12 bits per heavy atom. The van der Waals surface area contributed by atoms with Crippen LogP contribution in [0, 0.1) is 0 Å². The molecule has 17 heteroatoms. The molecule has 0 amide bonds. The summed E-state index contributed by atoms with van der Waals surface area (Å²) >= 11 is 0. The Kier molecular flexibility index (Phi) is 10.6. The molecule has 0 aliphatic heterocycles. The van der Waals surface area contributed by atoms with Crippen molar-refractivity contribution in [2.24, 2.45) is 30.7 Å². The standard InChI is InChI=1S/C31H22N6O9S.Cu/c38-26-12-9-21(15-23(26)31(42)43)34-32-19-5-1-17(2-6-19)18-3-7-20(8-4-18)33-37-29-28(40)14-11-24(30(29)41)35-36-25-16-22(47(44,45)46)10-13-27(25)39;/h1-16,38-41H,(H,42,43)(H,44,45,46);/q;+2/p-4. The summed E-state index contributed by atoms with van der Waals surface area (Å²) in [5, 5.41) is 78.8. The van der Waals surface area contributed by atoms with E-state index >= 15 is 0 Å². The molecule has 0 saturated heterocycles. The molecular formula is C31H18CuN6O9S-2. The first-order chi connectivity index (χ1) is 22.4. The van der Waals surface area contributed by atoms with E-state index < -0.39 is 60.9 Å². The van der Waals surface area contributed by atoms with E-state index in [0.717, 1.165) is 47.5 Å². The van der Waals surface area contributed by atoms with Gasteiger partial charge in [-0.3, -0.25) is 0 Å². The maximum absolute atomic E-state index is 12.9. The summed E-state index contributed by atoms with van der Waals surface area (Å²) in [7, 11) is -4.86. The molecule has 0 bridgehead atoms. The Morgan fingerprint density at radius 1 is 0.604 bits per heavy atom. The van der Waals surface area contributed by atoms with E-state index in [4.69, 9.17) is 0 Å². The fourth-order valence-corrected chi connectivity index (χ4v) is 4.47. The van der Waals surface area contributed by atoms with Gasteiger partial charge in [-0.05, 0) is 83.6 Å². The third-order valence-electron chi connectivity index (χ3n) is 6.39. The number of hydrogen-bond acceptors (Lipinski definition) is 15. The topological polar surface area (TPSA) is 258 Å². The molecule has 0 aliphatic carbocycles. The number of carbonyl (C=O) groups excluding carboxylic acids is 1. The van der Waals surface area contributed by atoms with Crippen LogP contribution in [0.4, 0.5) is 34.1 Å². The number of carboxylic acids is 1. The molecule has 0 atom stereocenters. The van der Waals surface area contributed by atoms with E-state index in [1.54, 1.807) is 48.5 Å². The first kappa shape index (κ1) is 34.9. The average Bonchev–Trinajstić information content (AvgIpc) is 3.04. The number of hydrogen-bond donors (Lipinski definition) is 2. The molecule has 1 radical (unpaired) electrons. The van der Waals surface area contributed by atoms with Crippen molar-refractivity contribution in [1.82, 2.24) is 0 Å². The quantitative estimate of drug-likeness (QED) is 0.112. The van der Waals surface area contributed by atoms with Gasteiger partial charge in [0.15, 0.2) is 0 Å². The molecule has 5 aromatic carbocycles. The zero-order chi connectivity index (χ0) is 33.7. The van der Waals surface area contributed by atoms with Crippen LogP contribution in [0.25, 0.3) is 11.1 Å². The Morgan fingerprint density at radius 3 is 1.71 bits per heavy atom. The first-order valence-corrected chi connectivity index (χ1v) is 14.6. The molecule has 0 aromatic heterocycles. The minimum Gasteiger partial charge on any atom is -0.871 e. The van der Waals surface area contributed by atoms with Gasteiger partial charge in [0.2, 0.25) is 0 Å². The zero-order valence-corrected chi connectivity index (χ0v) is 25.6. The van der Waals surface area contributed by atoms with E-state index in [1.165, 1.54) is 12.1 Å². The molecule has 2 N–H and O–H groups in total. The maximum atomic E-state index is 12.9. The normalized spacial score (nSPS) is 11.7.